The Kier molecular flexibility index (Phi) is 12.1. The van der Waals surface area contributed by atoms with Crippen LogP contribution in [0.2, 0.25) is 0 Å². The standard InChI is InChI=1S/C18H28N2O3.C13H20N2O/c1-5-22-16-9-7-15(8-10-16)19-11-6-12-20(14-13-19)17(21)23-18(2,3)4;1-2-16-13-6-4-12(5-7-13)15-10-3-8-14-9-11-15/h7-10H,5-6,11-14H2,1-4H3;4-7,14H,2-3,8-11H2,1H3. The van der Waals surface area contributed by atoms with Gasteiger partial charge in [-0.15, -0.1) is 0 Å². The van der Waals surface area contributed by atoms with Gasteiger partial charge in [-0.25, -0.2) is 4.79 Å². The highest BCUT2D eigenvalue weighted by atomic mass is 16.6. The molecule has 39 heavy (non-hydrogen) atoms. The van der Waals surface area contributed by atoms with Gasteiger partial charge >= 0.3 is 6.09 Å². The Hall–Kier alpha value is -3.13. The van der Waals surface area contributed by atoms with Crippen molar-refractivity contribution < 1.29 is 19.0 Å². The summed E-state index contributed by atoms with van der Waals surface area (Å²) in [6, 6.07) is 16.5. The van der Waals surface area contributed by atoms with Gasteiger partial charge < -0.3 is 34.2 Å². The lowest BCUT2D eigenvalue weighted by Gasteiger charge is -2.27. The monoisotopic (exact) mass is 540 g/mol. The smallest absolute Gasteiger partial charge is 0.410 e. The van der Waals surface area contributed by atoms with Crippen LogP contribution in [0.15, 0.2) is 48.5 Å². The number of hydrogen-bond acceptors (Lipinski definition) is 7. The number of ether oxygens (including phenoxy) is 3. The largest absolute Gasteiger partial charge is 0.494 e. The normalized spacial score (nSPS) is 16.4. The van der Waals surface area contributed by atoms with Crippen LogP contribution in [0, 0.1) is 0 Å². The fourth-order valence-electron chi connectivity index (χ4n) is 4.63. The Balaban J connectivity index is 0.000000230. The molecule has 216 valence electrons. The molecule has 2 aliphatic heterocycles. The number of rotatable bonds is 6. The van der Waals surface area contributed by atoms with E-state index in [2.05, 4.69) is 51.5 Å². The lowest BCUT2D eigenvalue weighted by Crippen LogP contribution is -2.39. The minimum absolute atomic E-state index is 0.217. The Morgan fingerprint density at radius 2 is 1.26 bits per heavy atom. The molecule has 8 heteroatoms. The van der Waals surface area contributed by atoms with Gasteiger partial charge in [0.25, 0.3) is 0 Å². The number of nitrogens with one attached hydrogen (secondary N) is 1. The van der Waals surface area contributed by atoms with E-state index in [1.807, 2.05) is 46.8 Å². The van der Waals surface area contributed by atoms with Gasteiger partial charge in [-0.1, -0.05) is 0 Å². The van der Waals surface area contributed by atoms with Crippen LogP contribution in [0.5, 0.6) is 11.5 Å². The molecule has 0 spiro atoms. The van der Waals surface area contributed by atoms with Crippen LogP contribution in [0.4, 0.5) is 16.2 Å². The van der Waals surface area contributed by atoms with Crippen molar-refractivity contribution in [1.29, 1.82) is 0 Å². The topological polar surface area (TPSA) is 66.5 Å². The maximum absolute atomic E-state index is 12.2. The third-order valence-electron chi connectivity index (χ3n) is 6.51. The van der Waals surface area contributed by atoms with Crippen LogP contribution in [0.3, 0.4) is 0 Å². The van der Waals surface area contributed by atoms with Crippen LogP contribution >= 0.6 is 0 Å². The average molecular weight is 541 g/mol. The lowest BCUT2D eigenvalue weighted by atomic mass is 10.2. The molecule has 1 N–H and O–H groups in total. The molecule has 0 saturated carbocycles. The number of nitrogens with zero attached hydrogens (tertiary/aromatic N) is 3. The Bertz CT molecular complexity index is 968. The Labute approximate surface area is 235 Å². The quantitative estimate of drug-likeness (QED) is 0.525. The first kappa shape index (κ1) is 30.4. The van der Waals surface area contributed by atoms with E-state index in [9.17, 15) is 4.79 Å². The van der Waals surface area contributed by atoms with Crippen LogP contribution < -0.4 is 24.6 Å². The average Bonchev–Trinajstić information content (AvgIpc) is 3.34. The minimum Gasteiger partial charge on any atom is -0.494 e. The van der Waals surface area contributed by atoms with E-state index >= 15 is 0 Å². The second kappa shape index (κ2) is 15.5. The van der Waals surface area contributed by atoms with Crippen molar-refractivity contribution in [2.24, 2.45) is 0 Å². The number of hydrogen-bond donors (Lipinski definition) is 1. The van der Waals surface area contributed by atoms with Crippen LogP contribution in [-0.2, 0) is 4.74 Å². The summed E-state index contributed by atoms with van der Waals surface area (Å²) in [5.74, 6) is 1.85. The van der Waals surface area contributed by atoms with Crippen LogP contribution in [0.1, 0.15) is 47.5 Å². The molecule has 2 saturated heterocycles. The maximum atomic E-state index is 12.2. The van der Waals surface area contributed by atoms with E-state index in [0.717, 1.165) is 70.3 Å². The molecule has 0 atom stereocenters. The molecule has 0 aromatic heterocycles. The van der Waals surface area contributed by atoms with E-state index < -0.39 is 5.60 Å². The SMILES string of the molecule is CCOc1ccc(N2CCCN(C(=O)OC(C)(C)C)CC2)cc1.CCOc1ccc(N2CCCNCC2)cc1. The van der Waals surface area contributed by atoms with Crippen molar-refractivity contribution in [1.82, 2.24) is 10.2 Å². The maximum Gasteiger partial charge on any atom is 0.410 e. The van der Waals surface area contributed by atoms with Gasteiger partial charge in [-0.05, 0) is 103 Å². The van der Waals surface area contributed by atoms with Crippen molar-refractivity contribution in [2.45, 2.75) is 53.1 Å². The Morgan fingerprint density at radius 1 is 0.718 bits per heavy atom. The predicted molar refractivity (Wildman–Crippen MR) is 160 cm³/mol. The highest BCUT2D eigenvalue weighted by molar-refractivity contribution is 5.68. The third kappa shape index (κ3) is 10.5. The van der Waals surface area contributed by atoms with Gasteiger partial charge in [0.1, 0.15) is 17.1 Å². The first-order chi connectivity index (χ1) is 18.8. The lowest BCUT2D eigenvalue weighted by molar-refractivity contribution is 0.0263. The fraction of sp³-hybridized carbons (Fsp3) is 0.581. The molecule has 0 bridgehead atoms. The Morgan fingerprint density at radius 3 is 1.79 bits per heavy atom. The molecule has 2 fully saturated rings. The van der Waals surface area contributed by atoms with Gasteiger partial charge in [-0.2, -0.15) is 0 Å². The molecule has 8 nitrogen and oxygen atoms in total. The summed E-state index contributed by atoms with van der Waals surface area (Å²) in [4.78, 5) is 18.7. The van der Waals surface area contributed by atoms with E-state index in [1.165, 1.54) is 17.8 Å². The molecule has 4 rings (SSSR count). The first-order valence-corrected chi connectivity index (χ1v) is 14.4. The molecule has 2 aliphatic rings. The van der Waals surface area contributed by atoms with E-state index in [1.54, 1.807) is 4.90 Å². The summed E-state index contributed by atoms with van der Waals surface area (Å²) in [5, 5.41) is 3.41. The fourth-order valence-corrected chi connectivity index (χ4v) is 4.63. The summed E-state index contributed by atoms with van der Waals surface area (Å²) in [5.41, 5.74) is 2.02. The van der Waals surface area contributed by atoms with Crippen molar-refractivity contribution in [3.8, 4) is 11.5 Å². The van der Waals surface area contributed by atoms with E-state index in [0.29, 0.717) is 13.2 Å². The predicted octanol–water partition coefficient (Wildman–Crippen LogP) is 5.42. The first-order valence-electron chi connectivity index (χ1n) is 14.4. The molecule has 1 amide bonds. The number of benzene rings is 2. The van der Waals surface area contributed by atoms with E-state index in [-0.39, 0.29) is 6.09 Å². The van der Waals surface area contributed by atoms with Crippen molar-refractivity contribution >= 4 is 17.5 Å². The number of anilines is 2. The zero-order valence-electron chi connectivity index (χ0n) is 24.6. The molecular formula is C31H48N4O4. The summed E-state index contributed by atoms with van der Waals surface area (Å²) >= 11 is 0. The summed E-state index contributed by atoms with van der Waals surface area (Å²) in [6.07, 6.45) is 1.94. The third-order valence-corrected chi connectivity index (χ3v) is 6.51. The second-order valence-corrected chi connectivity index (χ2v) is 10.8. The zero-order valence-corrected chi connectivity index (χ0v) is 24.6. The van der Waals surface area contributed by atoms with Gasteiger partial charge in [0.05, 0.1) is 13.2 Å². The molecule has 2 aromatic rings. The van der Waals surface area contributed by atoms with Crippen LogP contribution in [-0.4, -0.2) is 82.2 Å². The summed E-state index contributed by atoms with van der Waals surface area (Å²) < 4.78 is 16.4. The molecule has 0 aliphatic carbocycles. The van der Waals surface area contributed by atoms with Gasteiger partial charge in [-0.3, -0.25) is 0 Å². The highest BCUT2D eigenvalue weighted by Gasteiger charge is 2.24. The molecule has 2 heterocycles. The highest BCUT2D eigenvalue weighted by Crippen LogP contribution is 2.22. The van der Waals surface area contributed by atoms with Gasteiger partial charge in [0.2, 0.25) is 0 Å². The van der Waals surface area contributed by atoms with Crippen molar-refractivity contribution in [2.75, 3.05) is 75.4 Å². The minimum atomic E-state index is -0.446. The van der Waals surface area contributed by atoms with Crippen LogP contribution in [0.25, 0.3) is 0 Å². The number of carbonyl (C=O) groups excluding carboxylic acids is 1. The van der Waals surface area contributed by atoms with Gasteiger partial charge in [0.15, 0.2) is 0 Å². The van der Waals surface area contributed by atoms with Gasteiger partial charge in [0, 0.05) is 57.2 Å². The number of carbonyl (C=O) groups is 1. The molecule has 0 unspecified atom stereocenters. The second-order valence-electron chi connectivity index (χ2n) is 10.8. The summed E-state index contributed by atoms with van der Waals surface area (Å²) in [6.45, 7) is 18.7. The van der Waals surface area contributed by atoms with E-state index in [4.69, 9.17) is 14.2 Å². The molecule has 2 aromatic carbocycles. The molecule has 0 radical (unpaired) electrons. The van der Waals surface area contributed by atoms with Crippen molar-refractivity contribution in [3.05, 3.63) is 48.5 Å². The van der Waals surface area contributed by atoms with Crippen molar-refractivity contribution in [3.63, 3.8) is 0 Å². The summed E-state index contributed by atoms with van der Waals surface area (Å²) in [7, 11) is 0. The molecular weight excluding hydrogens is 492 g/mol. The zero-order chi connectivity index (χ0) is 28.1. The number of amides is 1.